The molecule has 0 aliphatic carbocycles. The summed E-state index contributed by atoms with van der Waals surface area (Å²) in [6.07, 6.45) is 3.72. The molecular formula is C16H35N3. The van der Waals surface area contributed by atoms with E-state index < -0.39 is 0 Å². The van der Waals surface area contributed by atoms with Crippen molar-refractivity contribution in [3.63, 3.8) is 0 Å². The first-order chi connectivity index (χ1) is 8.95. The van der Waals surface area contributed by atoms with Crippen LogP contribution in [-0.2, 0) is 0 Å². The molecule has 0 spiro atoms. The van der Waals surface area contributed by atoms with E-state index in [9.17, 15) is 0 Å². The summed E-state index contributed by atoms with van der Waals surface area (Å²) in [4.78, 5) is 5.28. The molecule has 2 N–H and O–H groups in total. The summed E-state index contributed by atoms with van der Waals surface area (Å²) in [5.41, 5.74) is 6.45. The van der Waals surface area contributed by atoms with Gasteiger partial charge in [0.25, 0.3) is 0 Å². The van der Waals surface area contributed by atoms with Gasteiger partial charge < -0.3 is 10.6 Å². The molecule has 0 aromatic heterocycles. The Labute approximate surface area is 120 Å². The predicted octanol–water partition coefficient (Wildman–Crippen LogP) is 2.56. The second kappa shape index (κ2) is 7.61. The molecule has 1 rings (SSSR count). The van der Waals surface area contributed by atoms with Gasteiger partial charge in [-0.1, -0.05) is 20.8 Å². The van der Waals surface area contributed by atoms with E-state index in [0.29, 0.717) is 12.0 Å². The Hall–Kier alpha value is -0.120. The van der Waals surface area contributed by atoms with Gasteiger partial charge in [-0.2, -0.15) is 0 Å². The van der Waals surface area contributed by atoms with Crippen LogP contribution in [0, 0.1) is 5.92 Å². The fourth-order valence-electron chi connectivity index (χ4n) is 3.46. The molecule has 1 aliphatic rings. The van der Waals surface area contributed by atoms with Crippen molar-refractivity contribution in [1.29, 1.82) is 0 Å². The lowest BCUT2D eigenvalue weighted by Gasteiger charge is -2.51. The molecule has 3 heteroatoms. The second-order valence-electron chi connectivity index (χ2n) is 6.91. The van der Waals surface area contributed by atoms with Gasteiger partial charge in [0.1, 0.15) is 0 Å². The molecule has 0 unspecified atom stereocenters. The molecule has 1 aliphatic heterocycles. The first kappa shape index (κ1) is 16.9. The van der Waals surface area contributed by atoms with Crippen LogP contribution in [0.25, 0.3) is 0 Å². The Morgan fingerprint density at radius 3 is 2.11 bits per heavy atom. The van der Waals surface area contributed by atoms with Gasteiger partial charge in [-0.05, 0) is 58.7 Å². The molecule has 19 heavy (non-hydrogen) atoms. The first-order valence-electron chi connectivity index (χ1n) is 8.14. The van der Waals surface area contributed by atoms with E-state index in [4.69, 9.17) is 5.73 Å². The molecular weight excluding hydrogens is 234 g/mol. The zero-order valence-corrected chi connectivity index (χ0v) is 13.8. The molecule has 0 aromatic carbocycles. The highest BCUT2D eigenvalue weighted by Crippen LogP contribution is 2.30. The Kier molecular flexibility index (Phi) is 6.78. The molecule has 1 heterocycles. The minimum Gasteiger partial charge on any atom is -0.329 e. The number of hydrogen-bond acceptors (Lipinski definition) is 3. The van der Waals surface area contributed by atoms with Gasteiger partial charge >= 0.3 is 0 Å². The minimum atomic E-state index is 0.239. The maximum absolute atomic E-state index is 6.21. The maximum Gasteiger partial charge on any atom is 0.0358 e. The predicted molar refractivity (Wildman–Crippen MR) is 84.4 cm³/mol. The Morgan fingerprint density at radius 1 is 1.16 bits per heavy atom. The van der Waals surface area contributed by atoms with Crippen LogP contribution in [-0.4, -0.2) is 54.1 Å². The monoisotopic (exact) mass is 269 g/mol. The van der Waals surface area contributed by atoms with E-state index in [1.165, 1.54) is 45.4 Å². The van der Waals surface area contributed by atoms with Crippen molar-refractivity contribution in [2.45, 2.75) is 65.5 Å². The summed E-state index contributed by atoms with van der Waals surface area (Å²) >= 11 is 0. The maximum atomic E-state index is 6.21. The molecule has 0 atom stereocenters. The van der Waals surface area contributed by atoms with Crippen molar-refractivity contribution in [3.05, 3.63) is 0 Å². The van der Waals surface area contributed by atoms with E-state index >= 15 is 0 Å². The van der Waals surface area contributed by atoms with Gasteiger partial charge in [0.05, 0.1) is 0 Å². The van der Waals surface area contributed by atoms with Crippen LogP contribution < -0.4 is 5.73 Å². The van der Waals surface area contributed by atoms with Gasteiger partial charge in [-0.15, -0.1) is 0 Å². The number of hydrogen-bond donors (Lipinski definition) is 1. The average molecular weight is 269 g/mol. The fourth-order valence-corrected chi connectivity index (χ4v) is 3.46. The molecule has 0 bridgehead atoms. The summed E-state index contributed by atoms with van der Waals surface area (Å²) in [5, 5.41) is 0. The Morgan fingerprint density at radius 2 is 1.74 bits per heavy atom. The third-order valence-electron chi connectivity index (χ3n) is 4.50. The van der Waals surface area contributed by atoms with Crippen LogP contribution in [0.4, 0.5) is 0 Å². The third kappa shape index (κ3) is 4.44. The smallest absolute Gasteiger partial charge is 0.0358 e. The molecule has 0 aromatic rings. The second-order valence-corrected chi connectivity index (χ2v) is 6.91. The number of nitrogens with zero attached hydrogens (tertiary/aromatic N) is 2. The number of piperidine rings is 1. The van der Waals surface area contributed by atoms with E-state index in [1.54, 1.807) is 0 Å². The fraction of sp³-hybridized carbons (Fsp3) is 1.00. The first-order valence-corrected chi connectivity index (χ1v) is 8.14. The zero-order chi connectivity index (χ0) is 14.5. The van der Waals surface area contributed by atoms with Crippen LogP contribution in [0.1, 0.15) is 53.9 Å². The lowest BCUT2D eigenvalue weighted by molar-refractivity contribution is -0.00186. The largest absolute Gasteiger partial charge is 0.329 e. The summed E-state index contributed by atoms with van der Waals surface area (Å²) in [7, 11) is 0. The molecule has 3 nitrogen and oxygen atoms in total. The minimum absolute atomic E-state index is 0.239. The quantitative estimate of drug-likeness (QED) is 0.771. The van der Waals surface area contributed by atoms with Crippen molar-refractivity contribution in [2.24, 2.45) is 11.7 Å². The van der Waals surface area contributed by atoms with Crippen molar-refractivity contribution in [3.8, 4) is 0 Å². The van der Waals surface area contributed by atoms with Gasteiger partial charge in [-0.3, -0.25) is 4.90 Å². The standard InChI is InChI=1S/C16H35N3/c1-6-9-18-10-7-16(13-17,8-11-18)19(15(4)5)12-14(2)3/h14-15H,6-13,17H2,1-5H3. The van der Waals surface area contributed by atoms with Crippen molar-refractivity contribution >= 4 is 0 Å². The Bertz CT molecular complexity index is 242. The number of likely N-dealkylation sites (tertiary alicyclic amines) is 1. The molecule has 114 valence electrons. The zero-order valence-electron chi connectivity index (χ0n) is 13.8. The van der Waals surface area contributed by atoms with E-state index in [0.717, 1.165) is 6.54 Å². The van der Waals surface area contributed by atoms with Crippen LogP contribution in [0.3, 0.4) is 0 Å². The third-order valence-corrected chi connectivity index (χ3v) is 4.50. The van der Waals surface area contributed by atoms with Crippen LogP contribution >= 0.6 is 0 Å². The van der Waals surface area contributed by atoms with Gasteiger partial charge in [0, 0.05) is 24.7 Å². The number of nitrogens with two attached hydrogens (primary N) is 1. The Balaban J connectivity index is 2.73. The highest BCUT2D eigenvalue weighted by atomic mass is 15.3. The average Bonchev–Trinajstić information content (AvgIpc) is 2.37. The van der Waals surface area contributed by atoms with Crippen LogP contribution in [0.15, 0.2) is 0 Å². The van der Waals surface area contributed by atoms with E-state index in [2.05, 4.69) is 44.4 Å². The van der Waals surface area contributed by atoms with Crippen molar-refractivity contribution < 1.29 is 0 Å². The molecule has 1 fully saturated rings. The van der Waals surface area contributed by atoms with E-state index in [-0.39, 0.29) is 5.54 Å². The van der Waals surface area contributed by atoms with Crippen LogP contribution in [0.5, 0.6) is 0 Å². The van der Waals surface area contributed by atoms with Crippen LogP contribution in [0.2, 0.25) is 0 Å². The molecule has 0 saturated carbocycles. The highest BCUT2D eigenvalue weighted by molar-refractivity contribution is 4.97. The summed E-state index contributed by atoms with van der Waals surface area (Å²) in [6.45, 7) is 17.2. The lowest BCUT2D eigenvalue weighted by Crippen LogP contribution is -2.62. The molecule has 0 amide bonds. The van der Waals surface area contributed by atoms with E-state index in [1.807, 2.05) is 0 Å². The van der Waals surface area contributed by atoms with Crippen molar-refractivity contribution in [1.82, 2.24) is 9.80 Å². The topological polar surface area (TPSA) is 32.5 Å². The summed E-state index contributed by atoms with van der Waals surface area (Å²) in [5.74, 6) is 0.708. The van der Waals surface area contributed by atoms with Crippen molar-refractivity contribution in [2.75, 3.05) is 32.7 Å². The lowest BCUT2D eigenvalue weighted by atomic mass is 9.84. The van der Waals surface area contributed by atoms with Gasteiger partial charge in [0.2, 0.25) is 0 Å². The summed E-state index contributed by atoms with van der Waals surface area (Å²) < 4.78 is 0. The summed E-state index contributed by atoms with van der Waals surface area (Å²) in [6, 6.07) is 0.587. The van der Waals surface area contributed by atoms with Gasteiger partial charge in [-0.25, -0.2) is 0 Å². The number of rotatable bonds is 7. The molecule has 1 saturated heterocycles. The van der Waals surface area contributed by atoms with Gasteiger partial charge in [0.15, 0.2) is 0 Å². The normalized spacial score (nSPS) is 20.7. The molecule has 0 radical (unpaired) electrons. The SMILES string of the molecule is CCCN1CCC(CN)(N(CC(C)C)C(C)C)CC1. The highest BCUT2D eigenvalue weighted by Gasteiger charge is 2.39.